The van der Waals surface area contributed by atoms with Crippen LogP contribution >= 0.6 is 0 Å². The maximum absolute atomic E-state index is 11.1. The van der Waals surface area contributed by atoms with Crippen molar-refractivity contribution in [2.75, 3.05) is 0 Å². The summed E-state index contributed by atoms with van der Waals surface area (Å²) in [7, 11) is 0. The van der Waals surface area contributed by atoms with Gasteiger partial charge in [-0.3, -0.25) is 0 Å². The molecule has 158 valence electrons. The Balaban J connectivity index is 1.46. The summed E-state index contributed by atoms with van der Waals surface area (Å²) in [5.41, 5.74) is 2.33. The minimum absolute atomic E-state index is 0.0915. The summed E-state index contributed by atoms with van der Waals surface area (Å²) in [6, 6.07) is 10.5. The zero-order valence-electron chi connectivity index (χ0n) is 18.4. The standard InChI is InChI=1S/C27H38O2/c1-25-17-19(15-18-7-5-4-6-8-18)24(28)16-20(25)9-10-21-22(25)11-13-26(2)23(21)12-14-27(26,3)29/h4-8,15,20-24,28-29H,9-14,16-17H2,1-3H3/b19-15+/t20-,21+,22-,23+,24+,25-,26-,27-/m0/s1. The van der Waals surface area contributed by atoms with E-state index < -0.39 is 5.60 Å². The van der Waals surface area contributed by atoms with Gasteiger partial charge in [-0.1, -0.05) is 50.3 Å². The second-order valence-corrected chi connectivity index (χ2v) is 11.5. The van der Waals surface area contributed by atoms with E-state index in [2.05, 4.69) is 57.2 Å². The maximum Gasteiger partial charge on any atom is 0.0756 e. The minimum Gasteiger partial charge on any atom is -0.390 e. The summed E-state index contributed by atoms with van der Waals surface area (Å²) >= 11 is 0. The van der Waals surface area contributed by atoms with E-state index in [0.717, 1.165) is 37.5 Å². The van der Waals surface area contributed by atoms with Gasteiger partial charge < -0.3 is 10.2 Å². The van der Waals surface area contributed by atoms with Crippen LogP contribution in [0.5, 0.6) is 0 Å². The molecule has 0 unspecified atom stereocenters. The van der Waals surface area contributed by atoms with Crippen LogP contribution < -0.4 is 0 Å². The maximum atomic E-state index is 11.1. The van der Waals surface area contributed by atoms with Crippen molar-refractivity contribution in [2.45, 2.75) is 83.8 Å². The molecule has 0 aliphatic heterocycles. The fourth-order valence-corrected chi connectivity index (χ4v) is 8.33. The van der Waals surface area contributed by atoms with E-state index in [1.54, 1.807) is 0 Å². The normalized spacial score (nSPS) is 50.7. The van der Waals surface area contributed by atoms with Crippen LogP contribution in [-0.2, 0) is 0 Å². The van der Waals surface area contributed by atoms with Crippen molar-refractivity contribution in [2.24, 2.45) is 34.5 Å². The first-order chi connectivity index (χ1) is 13.7. The quantitative estimate of drug-likeness (QED) is 0.629. The first-order valence-corrected chi connectivity index (χ1v) is 11.9. The van der Waals surface area contributed by atoms with Gasteiger partial charge in [-0.2, -0.15) is 0 Å². The number of aliphatic hydroxyl groups is 2. The molecule has 0 spiro atoms. The molecule has 0 amide bonds. The third-order valence-electron chi connectivity index (χ3n) is 10.3. The largest absolute Gasteiger partial charge is 0.390 e. The molecule has 8 atom stereocenters. The Labute approximate surface area is 176 Å². The molecule has 5 rings (SSSR count). The summed E-state index contributed by atoms with van der Waals surface area (Å²) in [6.45, 7) is 7.01. The van der Waals surface area contributed by atoms with E-state index in [1.807, 2.05) is 0 Å². The molecule has 0 bridgehead atoms. The first-order valence-electron chi connectivity index (χ1n) is 11.9. The summed E-state index contributed by atoms with van der Waals surface area (Å²) in [6.07, 6.45) is 11.1. The van der Waals surface area contributed by atoms with Crippen molar-refractivity contribution >= 4 is 6.08 Å². The molecule has 0 radical (unpaired) electrons. The van der Waals surface area contributed by atoms with Crippen LogP contribution in [0, 0.1) is 34.5 Å². The van der Waals surface area contributed by atoms with E-state index in [-0.39, 0.29) is 11.5 Å². The van der Waals surface area contributed by atoms with Crippen LogP contribution in [-0.4, -0.2) is 21.9 Å². The van der Waals surface area contributed by atoms with Gasteiger partial charge in [0.15, 0.2) is 0 Å². The van der Waals surface area contributed by atoms with E-state index in [1.165, 1.54) is 36.8 Å². The third-order valence-corrected chi connectivity index (χ3v) is 10.3. The molecule has 4 fully saturated rings. The Morgan fingerprint density at radius 3 is 2.41 bits per heavy atom. The number of benzene rings is 1. The molecule has 2 heteroatoms. The average molecular weight is 395 g/mol. The Morgan fingerprint density at radius 1 is 0.931 bits per heavy atom. The molecule has 29 heavy (non-hydrogen) atoms. The van der Waals surface area contributed by atoms with Crippen molar-refractivity contribution < 1.29 is 10.2 Å². The van der Waals surface area contributed by atoms with Crippen molar-refractivity contribution in [3.8, 4) is 0 Å². The Kier molecular flexibility index (Phi) is 4.57. The van der Waals surface area contributed by atoms with Gasteiger partial charge in [0.2, 0.25) is 0 Å². The lowest BCUT2D eigenvalue weighted by Gasteiger charge is -2.61. The van der Waals surface area contributed by atoms with Crippen molar-refractivity contribution in [1.29, 1.82) is 0 Å². The molecular formula is C27H38O2. The van der Waals surface area contributed by atoms with Crippen LogP contribution in [0.25, 0.3) is 6.08 Å². The number of hydrogen-bond acceptors (Lipinski definition) is 2. The van der Waals surface area contributed by atoms with Gasteiger partial charge in [0.1, 0.15) is 0 Å². The summed E-state index contributed by atoms with van der Waals surface area (Å²) in [5, 5.41) is 22.1. The number of aliphatic hydroxyl groups excluding tert-OH is 1. The number of rotatable bonds is 1. The van der Waals surface area contributed by atoms with Crippen molar-refractivity contribution in [3.05, 3.63) is 41.5 Å². The Hall–Kier alpha value is -1.12. The van der Waals surface area contributed by atoms with Gasteiger partial charge in [0, 0.05) is 0 Å². The minimum atomic E-state index is -0.498. The fourth-order valence-electron chi connectivity index (χ4n) is 8.33. The van der Waals surface area contributed by atoms with Crippen LogP contribution in [0.4, 0.5) is 0 Å². The molecule has 0 saturated heterocycles. The zero-order chi connectivity index (χ0) is 20.4. The van der Waals surface area contributed by atoms with Crippen LogP contribution in [0.2, 0.25) is 0 Å². The summed E-state index contributed by atoms with van der Waals surface area (Å²) in [4.78, 5) is 0. The van der Waals surface area contributed by atoms with Crippen molar-refractivity contribution in [1.82, 2.24) is 0 Å². The lowest BCUT2D eigenvalue weighted by molar-refractivity contribution is -0.146. The topological polar surface area (TPSA) is 40.5 Å². The molecule has 0 aromatic heterocycles. The molecule has 0 heterocycles. The van der Waals surface area contributed by atoms with Gasteiger partial charge in [-0.15, -0.1) is 0 Å². The molecule has 4 aliphatic rings. The van der Waals surface area contributed by atoms with E-state index in [4.69, 9.17) is 0 Å². The SMILES string of the molecule is C[C@]12C/C(=C\c3ccccc3)[C@H](O)C[C@@H]1CC[C@H]1[C@H]3CC[C@](C)(O)[C@@]3(C)CC[C@@H]12. The molecular weight excluding hydrogens is 356 g/mol. The van der Waals surface area contributed by atoms with E-state index in [0.29, 0.717) is 17.3 Å². The number of fused-ring (bicyclic) bond motifs is 5. The molecule has 1 aromatic carbocycles. The van der Waals surface area contributed by atoms with Crippen LogP contribution in [0.1, 0.15) is 77.7 Å². The third kappa shape index (κ3) is 2.89. The lowest BCUT2D eigenvalue weighted by Crippen LogP contribution is -2.56. The van der Waals surface area contributed by atoms with Gasteiger partial charge in [-0.05, 0) is 104 Å². The highest BCUT2D eigenvalue weighted by Gasteiger charge is 2.63. The van der Waals surface area contributed by atoms with Gasteiger partial charge in [0.05, 0.1) is 11.7 Å². The fraction of sp³-hybridized carbons (Fsp3) is 0.704. The highest BCUT2D eigenvalue weighted by Crippen LogP contribution is 2.68. The zero-order valence-corrected chi connectivity index (χ0v) is 18.4. The average Bonchev–Trinajstić information content (AvgIpc) is 2.93. The summed E-state index contributed by atoms with van der Waals surface area (Å²) < 4.78 is 0. The van der Waals surface area contributed by atoms with E-state index >= 15 is 0 Å². The highest BCUT2D eigenvalue weighted by atomic mass is 16.3. The monoisotopic (exact) mass is 394 g/mol. The van der Waals surface area contributed by atoms with Gasteiger partial charge in [0.25, 0.3) is 0 Å². The molecule has 2 nitrogen and oxygen atoms in total. The second kappa shape index (κ2) is 6.69. The highest BCUT2D eigenvalue weighted by molar-refractivity contribution is 5.54. The Bertz CT molecular complexity index is 796. The lowest BCUT2D eigenvalue weighted by atomic mass is 9.44. The predicted octanol–water partition coefficient (Wildman–Crippen LogP) is 5.83. The first kappa shape index (κ1) is 19.8. The van der Waals surface area contributed by atoms with Gasteiger partial charge >= 0.3 is 0 Å². The Morgan fingerprint density at radius 2 is 1.66 bits per heavy atom. The van der Waals surface area contributed by atoms with E-state index in [9.17, 15) is 10.2 Å². The smallest absolute Gasteiger partial charge is 0.0756 e. The molecule has 4 saturated carbocycles. The molecule has 1 aromatic rings. The van der Waals surface area contributed by atoms with Crippen LogP contribution in [0.3, 0.4) is 0 Å². The predicted molar refractivity (Wildman–Crippen MR) is 118 cm³/mol. The molecule has 4 aliphatic carbocycles. The number of hydrogen-bond donors (Lipinski definition) is 2. The molecule has 2 N–H and O–H groups in total. The van der Waals surface area contributed by atoms with Crippen molar-refractivity contribution in [3.63, 3.8) is 0 Å². The van der Waals surface area contributed by atoms with Gasteiger partial charge in [-0.25, -0.2) is 0 Å². The van der Waals surface area contributed by atoms with Crippen LogP contribution in [0.15, 0.2) is 35.9 Å². The second-order valence-electron chi connectivity index (χ2n) is 11.5. The summed E-state index contributed by atoms with van der Waals surface area (Å²) in [5.74, 6) is 2.79.